The van der Waals surface area contributed by atoms with E-state index in [1.54, 1.807) is 7.11 Å². The van der Waals surface area contributed by atoms with Crippen LogP contribution < -0.4 is 5.48 Å². The number of carbonyl (C=O) groups excluding carboxylic acids is 1. The maximum atomic E-state index is 10.7. The summed E-state index contributed by atoms with van der Waals surface area (Å²) in [6.07, 6.45) is 32.0. The van der Waals surface area contributed by atoms with Crippen LogP contribution in [0.2, 0.25) is 0 Å². The van der Waals surface area contributed by atoms with Gasteiger partial charge >= 0.3 is 0 Å². The summed E-state index contributed by atoms with van der Waals surface area (Å²) in [5.74, 6) is 0.344. The molecule has 2 unspecified atom stereocenters. The maximum Gasteiger partial charge on any atom is 0.123 e. The van der Waals surface area contributed by atoms with Crippen molar-refractivity contribution < 1.29 is 19.5 Å². The number of methoxy groups -OCH3 is 1. The number of hydrogen-bond donors (Lipinski definition) is 2. The Hall–Kier alpha value is -0.530. The predicted octanol–water partition coefficient (Wildman–Crippen LogP) is 10.5. The fraction of sp³-hybridized carbons (Fsp3) is 0.974. The normalized spacial score (nSPS) is 12.7. The number of aliphatic hydroxyl groups is 1. The molecule has 45 heavy (non-hydrogen) atoms. The number of hydroxylamine groups is 1. The highest BCUT2D eigenvalue weighted by Crippen LogP contribution is 2.15. The summed E-state index contributed by atoms with van der Waals surface area (Å²) in [5.41, 5.74) is 3.37. The molecule has 0 heterocycles. The molecule has 0 saturated carbocycles. The van der Waals surface area contributed by atoms with Gasteiger partial charge in [-0.05, 0) is 70.9 Å². The summed E-state index contributed by atoms with van der Waals surface area (Å²) in [6, 6.07) is 0.529. The quantitative estimate of drug-likeness (QED) is 0.0403. The number of nitrogens with zero attached hydrogens (tertiary/aromatic N) is 1. The zero-order valence-corrected chi connectivity index (χ0v) is 31.3. The number of hydrogen-bond acceptors (Lipinski definition) is 6. The topological polar surface area (TPSA) is 71.0 Å². The molecule has 0 saturated heterocycles. The van der Waals surface area contributed by atoms with Gasteiger partial charge in [0.15, 0.2) is 0 Å². The summed E-state index contributed by atoms with van der Waals surface area (Å²) < 4.78 is 5.12. The molecular weight excluding hydrogens is 560 g/mol. The smallest absolute Gasteiger partial charge is 0.123 e. The molecule has 0 rings (SSSR count). The van der Waals surface area contributed by atoms with Crippen molar-refractivity contribution in [2.45, 2.75) is 194 Å². The van der Waals surface area contributed by atoms with E-state index in [0.717, 1.165) is 64.8 Å². The Kier molecular flexibility index (Phi) is 43.0. The van der Waals surface area contributed by atoms with Crippen molar-refractivity contribution in [3.8, 4) is 0 Å². The Bertz CT molecular complexity index is 537. The fourth-order valence-corrected chi connectivity index (χ4v) is 5.72. The van der Waals surface area contributed by atoms with Gasteiger partial charge in [-0.3, -0.25) is 0 Å². The third kappa shape index (κ3) is 37.8. The summed E-state index contributed by atoms with van der Waals surface area (Å²) in [6.45, 7) is 14.3. The van der Waals surface area contributed by atoms with E-state index in [0.29, 0.717) is 18.6 Å². The maximum absolute atomic E-state index is 10.7. The van der Waals surface area contributed by atoms with Gasteiger partial charge in [0.1, 0.15) is 6.29 Å². The molecule has 0 radical (unpaired) electrons. The average Bonchev–Trinajstić information content (AvgIpc) is 3.06. The molecule has 0 aromatic rings. The summed E-state index contributed by atoms with van der Waals surface area (Å²) in [4.78, 5) is 19.0. The molecular formula is C39H82N2O4. The minimum absolute atomic E-state index is 0.298. The minimum atomic E-state index is 0.298. The van der Waals surface area contributed by atoms with E-state index in [-0.39, 0.29) is 0 Å². The highest BCUT2D eigenvalue weighted by Gasteiger charge is 2.08. The second kappa shape index (κ2) is 41.5. The lowest BCUT2D eigenvalue weighted by Gasteiger charge is -2.22. The zero-order chi connectivity index (χ0) is 33.5. The molecule has 2 atom stereocenters. The Balaban J connectivity index is 0. The van der Waals surface area contributed by atoms with Crippen LogP contribution in [0.5, 0.6) is 0 Å². The molecule has 0 fully saturated rings. The van der Waals surface area contributed by atoms with E-state index in [1.807, 2.05) is 0 Å². The van der Waals surface area contributed by atoms with E-state index in [2.05, 4.69) is 38.1 Å². The summed E-state index contributed by atoms with van der Waals surface area (Å²) in [7, 11) is 1.78. The monoisotopic (exact) mass is 643 g/mol. The standard InChI is InChI=1S/C27H58N2O3.C12H24O/c1-4-6-8-13-20-27(19-7-5-2)28-32-26-17-12-10-15-22-29(23-18-24-30)21-14-9-11-16-25-31-3;1-3-5-7-8-10-12(11-13)9-6-4-2/h27-28,30H,4-26H2,1-3H3;11-12H,3-10H2,1-2H3. The van der Waals surface area contributed by atoms with E-state index < -0.39 is 0 Å². The van der Waals surface area contributed by atoms with Gasteiger partial charge in [-0.15, -0.1) is 0 Å². The van der Waals surface area contributed by atoms with Crippen molar-refractivity contribution in [3.05, 3.63) is 0 Å². The molecule has 0 aliphatic heterocycles. The second-order valence-corrected chi connectivity index (χ2v) is 13.3. The third-order valence-corrected chi connectivity index (χ3v) is 8.79. The highest BCUT2D eigenvalue weighted by molar-refractivity contribution is 5.53. The minimum Gasteiger partial charge on any atom is -0.396 e. The van der Waals surface area contributed by atoms with Crippen LogP contribution >= 0.6 is 0 Å². The number of aldehydes is 1. The molecule has 0 spiro atoms. The van der Waals surface area contributed by atoms with Crippen molar-refractivity contribution in [2.75, 3.05) is 46.6 Å². The number of aliphatic hydroxyl groups excluding tert-OH is 1. The van der Waals surface area contributed by atoms with Crippen molar-refractivity contribution in [1.29, 1.82) is 0 Å². The lowest BCUT2D eigenvalue weighted by molar-refractivity contribution is -0.111. The van der Waals surface area contributed by atoms with E-state index in [1.165, 1.54) is 135 Å². The molecule has 2 N–H and O–H groups in total. The first-order valence-corrected chi connectivity index (χ1v) is 19.8. The van der Waals surface area contributed by atoms with E-state index in [4.69, 9.17) is 9.57 Å². The van der Waals surface area contributed by atoms with E-state index >= 15 is 0 Å². The molecule has 0 aliphatic rings. The fourth-order valence-electron chi connectivity index (χ4n) is 5.72. The van der Waals surface area contributed by atoms with Crippen LogP contribution in [-0.4, -0.2) is 68.9 Å². The first kappa shape index (κ1) is 46.6. The van der Waals surface area contributed by atoms with Crippen LogP contribution in [0.3, 0.4) is 0 Å². The highest BCUT2D eigenvalue weighted by atomic mass is 16.6. The summed E-state index contributed by atoms with van der Waals surface area (Å²) in [5, 5.41) is 9.17. The number of rotatable bonds is 36. The largest absolute Gasteiger partial charge is 0.396 e. The van der Waals surface area contributed by atoms with Gasteiger partial charge in [0.05, 0.1) is 6.61 Å². The molecule has 0 aliphatic carbocycles. The van der Waals surface area contributed by atoms with Crippen molar-refractivity contribution >= 4 is 6.29 Å². The molecule has 0 amide bonds. The van der Waals surface area contributed by atoms with Crippen molar-refractivity contribution in [1.82, 2.24) is 10.4 Å². The SMILES string of the molecule is CCCCCCC(C=O)CCCC.CCCCCCC(CCCC)NOCCCCCCN(CCCO)CCCCCCOC. The molecule has 0 aromatic heterocycles. The Morgan fingerprint density at radius 3 is 1.60 bits per heavy atom. The van der Waals surface area contributed by atoms with Gasteiger partial charge < -0.3 is 24.4 Å². The second-order valence-electron chi connectivity index (χ2n) is 13.3. The number of ether oxygens (including phenoxy) is 1. The Labute approximate surface area is 282 Å². The third-order valence-electron chi connectivity index (χ3n) is 8.79. The van der Waals surface area contributed by atoms with Crippen molar-refractivity contribution in [3.63, 3.8) is 0 Å². The van der Waals surface area contributed by atoms with Crippen LogP contribution in [0.25, 0.3) is 0 Å². The number of unbranched alkanes of at least 4 members (excludes halogenated alkanes) is 14. The van der Waals surface area contributed by atoms with Crippen LogP contribution in [0.15, 0.2) is 0 Å². The van der Waals surface area contributed by atoms with Gasteiger partial charge in [-0.2, -0.15) is 5.48 Å². The first-order chi connectivity index (χ1) is 22.1. The van der Waals surface area contributed by atoms with Crippen molar-refractivity contribution in [2.24, 2.45) is 5.92 Å². The number of carbonyl (C=O) groups is 1. The molecule has 6 heteroatoms. The lowest BCUT2D eigenvalue weighted by Crippen LogP contribution is -2.29. The van der Waals surface area contributed by atoms with Gasteiger partial charge in [-0.1, -0.05) is 130 Å². The molecule has 0 aromatic carbocycles. The molecule has 6 nitrogen and oxygen atoms in total. The van der Waals surface area contributed by atoms with Gasteiger partial charge in [0, 0.05) is 38.8 Å². The first-order valence-electron chi connectivity index (χ1n) is 19.8. The van der Waals surface area contributed by atoms with Crippen LogP contribution in [0, 0.1) is 5.92 Å². The van der Waals surface area contributed by atoms with Crippen LogP contribution in [-0.2, 0) is 14.4 Å². The zero-order valence-electron chi connectivity index (χ0n) is 31.3. The van der Waals surface area contributed by atoms with E-state index in [9.17, 15) is 9.90 Å². The Morgan fingerprint density at radius 1 is 0.578 bits per heavy atom. The predicted molar refractivity (Wildman–Crippen MR) is 196 cm³/mol. The number of nitrogens with one attached hydrogen (secondary N) is 1. The van der Waals surface area contributed by atoms with Gasteiger partial charge in [0.25, 0.3) is 0 Å². The van der Waals surface area contributed by atoms with Crippen LogP contribution in [0.1, 0.15) is 188 Å². The Morgan fingerprint density at radius 2 is 1.04 bits per heavy atom. The average molecular weight is 643 g/mol. The summed E-state index contributed by atoms with van der Waals surface area (Å²) >= 11 is 0. The van der Waals surface area contributed by atoms with Gasteiger partial charge in [-0.25, -0.2) is 0 Å². The van der Waals surface area contributed by atoms with Crippen LogP contribution in [0.4, 0.5) is 0 Å². The lowest BCUT2D eigenvalue weighted by atomic mass is 9.97. The molecule has 0 bridgehead atoms. The van der Waals surface area contributed by atoms with Gasteiger partial charge in [0.2, 0.25) is 0 Å². The molecule has 272 valence electrons.